The van der Waals surface area contributed by atoms with Crippen molar-refractivity contribution in [3.8, 4) is 11.1 Å². The first kappa shape index (κ1) is 23.8. The van der Waals surface area contributed by atoms with Gasteiger partial charge in [0.1, 0.15) is 12.6 Å². The lowest BCUT2D eigenvalue weighted by Crippen LogP contribution is -2.51. The van der Waals surface area contributed by atoms with E-state index in [1.165, 1.54) is 0 Å². The number of alkyl carbamates (subject to hydrolysis) is 1. The van der Waals surface area contributed by atoms with E-state index >= 15 is 0 Å². The molecule has 0 saturated heterocycles. The molecule has 0 spiro atoms. The van der Waals surface area contributed by atoms with Crippen LogP contribution in [0.15, 0.2) is 48.5 Å². The first-order valence-electron chi connectivity index (χ1n) is 12.0. The Labute approximate surface area is 199 Å². The van der Waals surface area contributed by atoms with Gasteiger partial charge in [0.2, 0.25) is 5.91 Å². The fourth-order valence-electron chi connectivity index (χ4n) is 4.84. The third-order valence-corrected chi connectivity index (χ3v) is 6.83. The van der Waals surface area contributed by atoms with Crippen LogP contribution < -0.4 is 10.6 Å². The van der Waals surface area contributed by atoms with Crippen LogP contribution in [0.3, 0.4) is 0 Å². The minimum absolute atomic E-state index is 0.0388. The van der Waals surface area contributed by atoms with Gasteiger partial charge in [-0.3, -0.25) is 9.59 Å². The number of nitrogens with one attached hydrogen (secondary N) is 2. The summed E-state index contributed by atoms with van der Waals surface area (Å²) in [4.78, 5) is 36.6. The number of carbonyl (C=O) groups is 3. The Morgan fingerprint density at radius 2 is 1.59 bits per heavy atom. The number of aliphatic carboxylic acids is 1. The predicted octanol–water partition coefficient (Wildman–Crippen LogP) is 4.17. The Hall–Kier alpha value is -3.35. The van der Waals surface area contributed by atoms with Crippen LogP contribution in [-0.2, 0) is 14.3 Å². The zero-order valence-electron chi connectivity index (χ0n) is 19.6. The highest BCUT2D eigenvalue weighted by molar-refractivity contribution is 5.86. The van der Waals surface area contributed by atoms with Gasteiger partial charge in [0.15, 0.2) is 0 Å². The third kappa shape index (κ3) is 5.41. The maximum absolute atomic E-state index is 12.8. The molecule has 2 atom stereocenters. The molecule has 2 aliphatic carbocycles. The van der Waals surface area contributed by atoms with E-state index in [1.54, 1.807) is 0 Å². The smallest absolute Gasteiger partial charge is 0.407 e. The molecule has 0 radical (unpaired) electrons. The molecule has 0 aliphatic heterocycles. The quantitative estimate of drug-likeness (QED) is 0.490. The predicted molar refractivity (Wildman–Crippen MR) is 128 cm³/mol. The van der Waals surface area contributed by atoms with Gasteiger partial charge in [0.05, 0.1) is 6.42 Å². The first-order valence-corrected chi connectivity index (χ1v) is 12.0. The van der Waals surface area contributed by atoms with Crippen molar-refractivity contribution in [3.63, 3.8) is 0 Å². The molecule has 1 saturated carbocycles. The monoisotopic (exact) mass is 464 g/mol. The van der Waals surface area contributed by atoms with Crippen molar-refractivity contribution in [2.24, 2.45) is 17.8 Å². The zero-order valence-corrected chi connectivity index (χ0v) is 19.6. The molecule has 2 aromatic carbocycles. The van der Waals surface area contributed by atoms with E-state index in [4.69, 9.17) is 9.84 Å². The summed E-state index contributed by atoms with van der Waals surface area (Å²) in [6.07, 6.45) is 1.40. The molecule has 3 N–H and O–H groups in total. The molecular formula is C27H32N2O5. The number of fused-ring (bicyclic) bond motifs is 3. The van der Waals surface area contributed by atoms with E-state index in [9.17, 15) is 14.4 Å². The van der Waals surface area contributed by atoms with Crippen molar-refractivity contribution in [1.82, 2.24) is 10.6 Å². The second-order valence-electron chi connectivity index (χ2n) is 9.63. The van der Waals surface area contributed by atoms with Crippen LogP contribution in [0, 0.1) is 17.8 Å². The Bertz CT molecular complexity index is 1020. The van der Waals surface area contributed by atoms with Crippen LogP contribution in [0.2, 0.25) is 0 Å². The molecule has 2 amide bonds. The van der Waals surface area contributed by atoms with Crippen molar-refractivity contribution in [2.75, 3.05) is 13.2 Å². The summed E-state index contributed by atoms with van der Waals surface area (Å²) in [6, 6.07) is 15.5. The molecule has 2 unspecified atom stereocenters. The Morgan fingerprint density at radius 3 is 2.12 bits per heavy atom. The van der Waals surface area contributed by atoms with E-state index in [2.05, 4.69) is 34.9 Å². The van der Waals surface area contributed by atoms with Gasteiger partial charge in [-0.2, -0.15) is 0 Å². The lowest BCUT2D eigenvalue weighted by Gasteiger charge is -2.23. The van der Waals surface area contributed by atoms with Crippen LogP contribution in [0.4, 0.5) is 4.79 Å². The van der Waals surface area contributed by atoms with Crippen molar-refractivity contribution in [1.29, 1.82) is 0 Å². The standard InChI is InChI=1S/C27H32N2O5/c1-16(2)25(26(32)28-14-18(13-24(30)31)17-11-12-17)29-27(33)34-15-23-21-9-5-3-7-19(21)20-8-4-6-10-22(20)23/h3-10,16-18,23,25H,11-15H2,1-2H3,(H,28,32)(H,29,33)(H,30,31). The molecule has 4 rings (SSSR count). The summed E-state index contributed by atoms with van der Waals surface area (Å²) < 4.78 is 5.59. The fourth-order valence-corrected chi connectivity index (χ4v) is 4.84. The topological polar surface area (TPSA) is 105 Å². The normalized spacial score (nSPS) is 16.3. The minimum atomic E-state index is -0.858. The number of rotatable bonds is 10. The number of carboxylic acid groups (broad SMARTS) is 1. The maximum atomic E-state index is 12.8. The highest BCUT2D eigenvalue weighted by Crippen LogP contribution is 2.44. The van der Waals surface area contributed by atoms with Crippen LogP contribution in [0.25, 0.3) is 11.1 Å². The Balaban J connectivity index is 1.34. The first-order chi connectivity index (χ1) is 16.3. The van der Waals surface area contributed by atoms with Gasteiger partial charge < -0.3 is 20.5 Å². The maximum Gasteiger partial charge on any atom is 0.407 e. The summed E-state index contributed by atoms with van der Waals surface area (Å²) in [5.41, 5.74) is 4.55. The second-order valence-corrected chi connectivity index (χ2v) is 9.63. The van der Waals surface area contributed by atoms with Crippen molar-refractivity contribution >= 4 is 18.0 Å². The molecule has 34 heavy (non-hydrogen) atoms. The average molecular weight is 465 g/mol. The SMILES string of the molecule is CC(C)C(NC(=O)OCC1c2ccccc2-c2ccccc21)C(=O)NCC(CC(=O)O)C1CC1. The Morgan fingerprint density at radius 1 is 1.00 bits per heavy atom. The van der Waals surface area contributed by atoms with Crippen molar-refractivity contribution in [2.45, 2.75) is 45.1 Å². The van der Waals surface area contributed by atoms with E-state index in [0.29, 0.717) is 12.5 Å². The molecule has 0 bridgehead atoms. The van der Waals surface area contributed by atoms with Gasteiger partial charge in [0, 0.05) is 12.5 Å². The van der Waals surface area contributed by atoms with Gasteiger partial charge in [-0.25, -0.2) is 4.79 Å². The number of carbonyl (C=O) groups excluding carboxylic acids is 2. The second kappa shape index (κ2) is 10.3. The molecular weight excluding hydrogens is 432 g/mol. The lowest BCUT2D eigenvalue weighted by molar-refractivity contribution is -0.138. The van der Waals surface area contributed by atoms with E-state index in [-0.39, 0.29) is 36.7 Å². The molecule has 0 heterocycles. The summed E-state index contributed by atoms with van der Waals surface area (Å²) in [6.45, 7) is 4.17. The van der Waals surface area contributed by atoms with E-state index in [0.717, 1.165) is 35.1 Å². The number of benzene rings is 2. The highest BCUT2D eigenvalue weighted by atomic mass is 16.5. The number of ether oxygens (including phenoxy) is 1. The average Bonchev–Trinajstić information content (AvgIpc) is 3.61. The summed E-state index contributed by atoms with van der Waals surface area (Å²) >= 11 is 0. The van der Waals surface area contributed by atoms with Gasteiger partial charge in [-0.15, -0.1) is 0 Å². The number of hydrogen-bond donors (Lipinski definition) is 3. The minimum Gasteiger partial charge on any atom is -0.481 e. The highest BCUT2D eigenvalue weighted by Gasteiger charge is 2.34. The van der Waals surface area contributed by atoms with Crippen LogP contribution in [0.1, 0.15) is 50.2 Å². The zero-order chi connectivity index (χ0) is 24.2. The number of amides is 2. The molecule has 0 aromatic heterocycles. The fraction of sp³-hybridized carbons (Fsp3) is 0.444. The molecule has 7 nitrogen and oxygen atoms in total. The number of carboxylic acids is 1. The molecule has 2 aliphatic rings. The molecule has 7 heteroatoms. The van der Waals surface area contributed by atoms with Gasteiger partial charge in [-0.1, -0.05) is 62.4 Å². The Kier molecular flexibility index (Phi) is 7.20. The van der Waals surface area contributed by atoms with Crippen molar-refractivity contribution < 1.29 is 24.2 Å². The summed E-state index contributed by atoms with van der Waals surface area (Å²) in [5, 5.41) is 14.7. The summed E-state index contributed by atoms with van der Waals surface area (Å²) in [5.74, 6) is -1.12. The summed E-state index contributed by atoms with van der Waals surface area (Å²) in [7, 11) is 0. The van der Waals surface area contributed by atoms with Crippen LogP contribution in [-0.4, -0.2) is 42.3 Å². The number of hydrogen-bond acceptors (Lipinski definition) is 4. The van der Waals surface area contributed by atoms with Gasteiger partial charge in [-0.05, 0) is 52.8 Å². The molecule has 2 aromatic rings. The van der Waals surface area contributed by atoms with Gasteiger partial charge >= 0.3 is 12.1 Å². The van der Waals surface area contributed by atoms with Gasteiger partial charge in [0.25, 0.3) is 0 Å². The molecule has 1 fully saturated rings. The third-order valence-electron chi connectivity index (χ3n) is 6.83. The van der Waals surface area contributed by atoms with E-state index in [1.807, 2.05) is 38.1 Å². The van der Waals surface area contributed by atoms with Crippen LogP contribution in [0.5, 0.6) is 0 Å². The van der Waals surface area contributed by atoms with E-state index < -0.39 is 18.1 Å². The molecule has 180 valence electrons. The van der Waals surface area contributed by atoms with Crippen LogP contribution >= 0.6 is 0 Å². The van der Waals surface area contributed by atoms with Crippen molar-refractivity contribution in [3.05, 3.63) is 59.7 Å². The largest absolute Gasteiger partial charge is 0.481 e. The lowest BCUT2D eigenvalue weighted by atomic mass is 9.98.